The molecule has 2 N–H and O–H groups in total. The third-order valence-corrected chi connectivity index (χ3v) is 5.49. The average molecular weight is 389 g/mol. The van der Waals surface area contributed by atoms with Gasteiger partial charge in [-0.2, -0.15) is 0 Å². The minimum atomic E-state index is 0. The molecule has 5 nitrogen and oxygen atoms in total. The van der Waals surface area contributed by atoms with Crippen LogP contribution in [0, 0.1) is 5.92 Å². The highest BCUT2D eigenvalue weighted by molar-refractivity contribution is 7.99. The number of likely N-dealkylation sites (tertiary alicyclic amines) is 1. The minimum Gasteiger partial charge on any atom is -0.493 e. The maximum Gasteiger partial charge on any atom is 0.223 e. The van der Waals surface area contributed by atoms with Gasteiger partial charge in [0.15, 0.2) is 11.5 Å². The molecule has 1 aliphatic heterocycles. The number of piperidine rings is 1. The summed E-state index contributed by atoms with van der Waals surface area (Å²) in [7, 11) is 3.25. The Labute approximate surface area is 161 Å². The molecule has 0 saturated carbocycles. The fourth-order valence-corrected chi connectivity index (χ4v) is 3.85. The number of rotatable bonds is 7. The van der Waals surface area contributed by atoms with E-state index < -0.39 is 0 Å². The number of carbonyl (C=O) groups excluding carboxylic acids is 1. The van der Waals surface area contributed by atoms with E-state index in [0.29, 0.717) is 23.8 Å². The molecule has 142 valence electrons. The van der Waals surface area contributed by atoms with Gasteiger partial charge in [0.25, 0.3) is 0 Å². The summed E-state index contributed by atoms with van der Waals surface area (Å²) in [5, 5.41) is 0. The van der Waals surface area contributed by atoms with Crippen molar-refractivity contribution in [3.05, 3.63) is 18.2 Å². The Bertz CT molecular complexity index is 557. The zero-order valence-corrected chi connectivity index (χ0v) is 16.8. The van der Waals surface area contributed by atoms with Crippen molar-refractivity contribution >= 4 is 30.1 Å². The molecule has 1 aromatic carbocycles. The molecule has 1 aliphatic rings. The first-order valence-electron chi connectivity index (χ1n) is 8.43. The second-order valence-corrected chi connectivity index (χ2v) is 7.38. The van der Waals surface area contributed by atoms with Gasteiger partial charge in [0, 0.05) is 36.2 Å². The van der Waals surface area contributed by atoms with Gasteiger partial charge < -0.3 is 20.1 Å². The van der Waals surface area contributed by atoms with Crippen LogP contribution in [0.15, 0.2) is 23.1 Å². The van der Waals surface area contributed by atoms with Gasteiger partial charge in [0.05, 0.1) is 14.2 Å². The van der Waals surface area contributed by atoms with Crippen molar-refractivity contribution in [3.63, 3.8) is 0 Å². The van der Waals surface area contributed by atoms with E-state index in [1.165, 1.54) is 0 Å². The molecule has 1 heterocycles. The van der Waals surface area contributed by atoms with Gasteiger partial charge in [-0.25, -0.2) is 0 Å². The molecular formula is C18H29ClN2O3S. The summed E-state index contributed by atoms with van der Waals surface area (Å²) in [6, 6.07) is 5.98. The number of amides is 1. The van der Waals surface area contributed by atoms with Crippen LogP contribution in [0.5, 0.6) is 11.5 Å². The minimum absolute atomic E-state index is 0. The predicted octanol–water partition coefficient (Wildman–Crippen LogP) is 3.19. The molecule has 1 amide bonds. The van der Waals surface area contributed by atoms with Crippen molar-refractivity contribution in [2.75, 3.05) is 33.1 Å². The Hall–Kier alpha value is -1.11. The summed E-state index contributed by atoms with van der Waals surface area (Å²) in [5.74, 6) is 2.85. The van der Waals surface area contributed by atoms with E-state index in [9.17, 15) is 4.79 Å². The van der Waals surface area contributed by atoms with Crippen LogP contribution in [0.2, 0.25) is 0 Å². The van der Waals surface area contributed by atoms with Crippen molar-refractivity contribution < 1.29 is 14.3 Å². The number of halogens is 1. The van der Waals surface area contributed by atoms with Crippen molar-refractivity contribution in [2.24, 2.45) is 11.7 Å². The molecule has 2 rings (SSSR count). The van der Waals surface area contributed by atoms with Crippen LogP contribution >= 0.6 is 24.2 Å². The number of hydrogen-bond donors (Lipinski definition) is 1. The molecule has 1 fully saturated rings. The van der Waals surface area contributed by atoms with Crippen LogP contribution in [0.3, 0.4) is 0 Å². The SMILES string of the molecule is COc1ccc(SCCC(=O)N2CCCC(C(C)N)C2)cc1OC.Cl. The maximum atomic E-state index is 12.4. The molecule has 7 heteroatoms. The monoisotopic (exact) mass is 388 g/mol. The van der Waals surface area contributed by atoms with Crippen LogP contribution in [-0.2, 0) is 4.79 Å². The van der Waals surface area contributed by atoms with Gasteiger partial charge >= 0.3 is 0 Å². The van der Waals surface area contributed by atoms with Gasteiger partial charge in [0.2, 0.25) is 5.91 Å². The van der Waals surface area contributed by atoms with Crippen LogP contribution in [0.4, 0.5) is 0 Å². The second-order valence-electron chi connectivity index (χ2n) is 6.22. The highest BCUT2D eigenvalue weighted by Crippen LogP contribution is 2.32. The first kappa shape index (κ1) is 21.9. The van der Waals surface area contributed by atoms with E-state index in [4.69, 9.17) is 15.2 Å². The van der Waals surface area contributed by atoms with E-state index in [0.717, 1.165) is 36.6 Å². The van der Waals surface area contributed by atoms with Gasteiger partial charge in [-0.3, -0.25) is 4.79 Å². The maximum absolute atomic E-state index is 12.4. The van der Waals surface area contributed by atoms with Gasteiger partial charge in [-0.05, 0) is 43.9 Å². The second kappa shape index (κ2) is 10.8. The number of methoxy groups -OCH3 is 2. The van der Waals surface area contributed by atoms with Crippen LogP contribution < -0.4 is 15.2 Å². The smallest absolute Gasteiger partial charge is 0.223 e. The Morgan fingerprint density at radius 1 is 1.36 bits per heavy atom. The summed E-state index contributed by atoms with van der Waals surface area (Å²) in [4.78, 5) is 15.5. The quantitative estimate of drug-likeness (QED) is 0.726. The lowest BCUT2D eigenvalue weighted by Crippen LogP contribution is -2.45. The van der Waals surface area contributed by atoms with E-state index in [1.807, 2.05) is 30.0 Å². The molecule has 0 aromatic heterocycles. The summed E-state index contributed by atoms with van der Waals surface area (Å²) < 4.78 is 10.5. The van der Waals surface area contributed by atoms with Gasteiger partial charge in [-0.15, -0.1) is 24.2 Å². The molecule has 2 unspecified atom stereocenters. The third-order valence-electron chi connectivity index (χ3n) is 4.49. The summed E-state index contributed by atoms with van der Waals surface area (Å²) in [5.41, 5.74) is 5.99. The standard InChI is InChI=1S/C18H28N2O3S.ClH/c1-13(19)14-5-4-9-20(12-14)18(21)8-10-24-15-6-7-16(22-2)17(11-15)23-3;/h6-7,11,13-14H,4-5,8-10,12,19H2,1-3H3;1H. The van der Waals surface area contributed by atoms with Gasteiger partial charge in [-0.1, -0.05) is 0 Å². The normalized spacial score (nSPS) is 18.2. The molecule has 0 spiro atoms. The molecule has 1 aromatic rings. The molecule has 25 heavy (non-hydrogen) atoms. The number of thioether (sulfide) groups is 1. The third kappa shape index (κ3) is 6.28. The highest BCUT2D eigenvalue weighted by Gasteiger charge is 2.25. The van der Waals surface area contributed by atoms with E-state index in [1.54, 1.807) is 26.0 Å². The van der Waals surface area contributed by atoms with E-state index >= 15 is 0 Å². The zero-order chi connectivity index (χ0) is 17.5. The Morgan fingerprint density at radius 2 is 2.08 bits per heavy atom. The van der Waals surface area contributed by atoms with Crippen LogP contribution in [0.25, 0.3) is 0 Å². The zero-order valence-electron chi connectivity index (χ0n) is 15.2. The first-order valence-corrected chi connectivity index (χ1v) is 9.42. The topological polar surface area (TPSA) is 64.8 Å². The molecule has 0 aliphatic carbocycles. The molecular weight excluding hydrogens is 360 g/mol. The molecule has 0 radical (unpaired) electrons. The predicted molar refractivity (Wildman–Crippen MR) is 105 cm³/mol. The van der Waals surface area contributed by atoms with Crippen molar-refractivity contribution in [2.45, 2.75) is 37.1 Å². The molecule has 0 bridgehead atoms. The van der Waals surface area contributed by atoms with E-state index in [2.05, 4.69) is 0 Å². The Morgan fingerprint density at radius 3 is 2.72 bits per heavy atom. The Kier molecular flexibility index (Phi) is 9.46. The molecule has 1 saturated heterocycles. The van der Waals surface area contributed by atoms with Crippen LogP contribution in [-0.4, -0.2) is 49.9 Å². The number of nitrogens with two attached hydrogens (primary N) is 1. The number of ether oxygens (including phenoxy) is 2. The van der Waals surface area contributed by atoms with Crippen molar-refractivity contribution in [1.29, 1.82) is 0 Å². The lowest BCUT2D eigenvalue weighted by atomic mass is 9.92. The molecule has 2 atom stereocenters. The lowest BCUT2D eigenvalue weighted by molar-refractivity contribution is -0.132. The first-order chi connectivity index (χ1) is 11.5. The summed E-state index contributed by atoms with van der Waals surface area (Å²) >= 11 is 1.66. The lowest BCUT2D eigenvalue weighted by Gasteiger charge is -2.34. The number of hydrogen-bond acceptors (Lipinski definition) is 5. The van der Waals surface area contributed by atoms with E-state index in [-0.39, 0.29) is 24.4 Å². The fourth-order valence-electron chi connectivity index (χ4n) is 2.99. The number of nitrogens with zero attached hydrogens (tertiary/aromatic N) is 1. The fraction of sp³-hybridized carbons (Fsp3) is 0.611. The summed E-state index contributed by atoms with van der Waals surface area (Å²) in [6.07, 6.45) is 2.73. The number of benzene rings is 1. The average Bonchev–Trinajstić information content (AvgIpc) is 2.61. The number of carbonyl (C=O) groups is 1. The highest BCUT2D eigenvalue weighted by atomic mass is 35.5. The van der Waals surface area contributed by atoms with Gasteiger partial charge in [0.1, 0.15) is 0 Å². The Balaban J connectivity index is 0.00000312. The van der Waals surface area contributed by atoms with Crippen molar-refractivity contribution in [1.82, 2.24) is 4.90 Å². The largest absolute Gasteiger partial charge is 0.493 e. The van der Waals surface area contributed by atoms with Crippen molar-refractivity contribution in [3.8, 4) is 11.5 Å². The van der Waals surface area contributed by atoms with Crippen LogP contribution in [0.1, 0.15) is 26.2 Å². The summed E-state index contributed by atoms with van der Waals surface area (Å²) in [6.45, 7) is 3.70.